The van der Waals surface area contributed by atoms with E-state index in [4.69, 9.17) is 19.6 Å². The van der Waals surface area contributed by atoms with Crippen LogP contribution in [-0.2, 0) is 22.7 Å². The Kier molecular flexibility index (Phi) is 6.92. The van der Waals surface area contributed by atoms with Gasteiger partial charge in [0.05, 0.1) is 0 Å². The highest BCUT2D eigenvalue weighted by Crippen LogP contribution is 2.18. The molecule has 0 aliphatic heterocycles. The van der Waals surface area contributed by atoms with Crippen molar-refractivity contribution in [3.8, 4) is 5.75 Å². The van der Waals surface area contributed by atoms with Crippen LogP contribution in [0.3, 0.4) is 0 Å². The minimum atomic E-state index is -0.823. The van der Waals surface area contributed by atoms with E-state index in [0.717, 1.165) is 5.56 Å². The molecule has 0 saturated heterocycles. The first kappa shape index (κ1) is 21.1. The Labute approximate surface area is 166 Å². The summed E-state index contributed by atoms with van der Waals surface area (Å²) >= 11 is 0. The molecule has 3 aromatic rings. The van der Waals surface area contributed by atoms with E-state index in [1.165, 1.54) is 13.0 Å². The van der Waals surface area contributed by atoms with Gasteiger partial charge in [-0.05, 0) is 41.5 Å². The number of carbonyl (C=O) groups excluding carboxylic acids is 2. The summed E-state index contributed by atoms with van der Waals surface area (Å²) in [4.78, 5) is 35.4. The van der Waals surface area contributed by atoms with E-state index < -0.39 is 17.6 Å². The molecule has 1 heterocycles. The maximum atomic E-state index is 12.4. The third-order valence-electron chi connectivity index (χ3n) is 3.83. The van der Waals surface area contributed by atoms with Crippen molar-refractivity contribution >= 4 is 35.3 Å². The molecule has 2 N–H and O–H groups in total. The Morgan fingerprint density at radius 3 is 2.36 bits per heavy atom. The molecule has 0 aliphatic rings. The third kappa shape index (κ3) is 4.97. The highest BCUT2D eigenvalue weighted by molar-refractivity contribution is 5.94. The van der Waals surface area contributed by atoms with Crippen LogP contribution in [0.15, 0.2) is 57.7 Å². The van der Waals surface area contributed by atoms with Gasteiger partial charge >= 0.3 is 17.6 Å². The van der Waals surface area contributed by atoms with Crippen molar-refractivity contribution in [3.05, 3.63) is 75.6 Å². The number of nitrogens with two attached hydrogens (primary N) is 1. The van der Waals surface area contributed by atoms with Gasteiger partial charge < -0.3 is 19.6 Å². The van der Waals surface area contributed by atoms with Gasteiger partial charge in [0, 0.05) is 18.9 Å². The molecule has 0 bridgehead atoms. The zero-order chi connectivity index (χ0) is 19.4. The molecule has 0 atom stereocenters. The van der Waals surface area contributed by atoms with Gasteiger partial charge in [0.15, 0.2) is 0 Å². The van der Waals surface area contributed by atoms with Crippen molar-refractivity contribution in [2.75, 3.05) is 0 Å². The molecule has 0 unspecified atom stereocenters. The summed E-state index contributed by atoms with van der Waals surface area (Å²) in [6, 6.07) is 13.0. The van der Waals surface area contributed by atoms with Crippen molar-refractivity contribution < 1.29 is 23.5 Å². The number of halogens is 1. The fraction of sp³-hybridized carbons (Fsp3) is 0.150. The Hall–Kier alpha value is -3.16. The van der Waals surface area contributed by atoms with E-state index in [-0.39, 0.29) is 24.6 Å². The molecule has 0 aliphatic carbocycles. The van der Waals surface area contributed by atoms with E-state index in [0.29, 0.717) is 28.8 Å². The van der Waals surface area contributed by atoms with Crippen LogP contribution < -0.4 is 16.1 Å². The van der Waals surface area contributed by atoms with Crippen LogP contribution in [-0.4, -0.2) is 11.9 Å². The van der Waals surface area contributed by atoms with Gasteiger partial charge in [-0.3, -0.25) is 4.79 Å². The van der Waals surface area contributed by atoms with Gasteiger partial charge in [-0.15, -0.1) is 12.4 Å². The number of ether oxygens (including phenoxy) is 2. The summed E-state index contributed by atoms with van der Waals surface area (Å²) in [6.45, 7) is 1.77. The Morgan fingerprint density at radius 2 is 1.71 bits per heavy atom. The second-order valence-electron chi connectivity index (χ2n) is 5.84. The van der Waals surface area contributed by atoms with Crippen molar-refractivity contribution in [3.63, 3.8) is 0 Å². The molecule has 1 aromatic heterocycles. The number of esters is 2. The molecule has 146 valence electrons. The molecule has 0 fully saturated rings. The van der Waals surface area contributed by atoms with Gasteiger partial charge in [0.2, 0.25) is 0 Å². The first-order chi connectivity index (χ1) is 13.0. The molecule has 8 heteroatoms. The maximum absolute atomic E-state index is 12.4. The van der Waals surface area contributed by atoms with Crippen molar-refractivity contribution in [1.82, 2.24) is 0 Å². The third-order valence-corrected chi connectivity index (χ3v) is 3.83. The monoisotopic (exact) mass is 403 g/mol. The lowest BCUT2D eigenvalue weighted by Gasteiger charge is -2.06. The highest BCUT2D eigenvalue weighted by Gasteiger charge is 2.16. The number of rotatable bonds is 5. The number of benzene rings is 2. The van der Waals surface area contributed by atoms with Gasteiger partial charge in [0.25, 0.3) is 0 Å². The van der Waals surface area contributed by atoms with Gasteiger partial charge in [-0.25, -0.2) is 9.59 Å². The van der Waals surface area contributed by atoms with Gasteiger partial charge in [-0.1, -0.05) is 18.2 Å². The maximum Gasteiger partial charge on any atom is 0.351 e. The topological polar surface area (TPSA) is 109 Å². The summed E-state index contributed by atoms with van der Waals surface area (Å²) in [5.74, 6) is -0.934. The first-order valence-corrected chi connectivity index (χ1v) is 8.17. The smallest absolute Gasteiger partial charge is 0.351 e. The SMILES string of the molecule is CC(=O)OCc1ccc2oc(=O)c(C(=O)Oc3ccc(CN)cc3)cc2c1.Cl. The Morgan fingerprint density at radius 1 is 1.04 bits per heavy atom. The number of hydrogen-bond donors (Lipinski definition) is 1. The molecular weight excluding hydrogens is 386 g/mol. The van der Waals surface area contributed by atoms with Crippen LogP contribution in [0.25, 0.3) is 11.0 Å². The molecule has 0 radical (unpaired) electrons. The van der Waals surface area contributed by atoms with Crippen LogP contribution in [0.4, 0.5) is 0 Å². The molecule has 3 rings (SSSR count). The van der Waals surface area contributed by atoms with E-state index in [9.17, 15) is 14.4 Å². The van der Waals surface area contributed by atoms with E-state index in [1.54, 1.807) is 42.5 Å². The van der Waals surface area contributed by atoms with E-state index >= 15 is 0 Å². The molecule has 0 amide bonds. The average molecular weight is 404 g/mol. The minimum absolute atomic E-state index is 0. The summed E-state index contributed by atoms with van der Waals surface area (Å²) in [7, 11) is 0. The van der Waals surface area contributed by atoms with Crippen LogP contribution in [0.1, 0.15) is 28.4 Å². The molecule has 7 nitrogen and oxygen atoms in total. The number of hydrogen-bond acceptors (Lipinski definition) is 7. The van der Waals surface area contributed by atoms with Crippen LogP contribution >= 0.6 is 12.4 Å². The summed E-state index contributed by atoms with van der Waals surface area (Å²) in [6.07, 6.45) is 0. The summed E-state index contributed by atoms with van der Waals surface area (Å²) < 4.78 is 15.4. The van der Waals surface area contributed by atoms with Gasteiger partial charge in [-0.2, -0.15) is 0 Å². The van der Waals surface area contributed by atoms with Gasteiger partial charge in [0.1, 0.15) is 23.5 Å². The normalized spacial score (nSPS) is 10.2. The predicted molar refractivity (Wildman–Crippen MR) is 104 cm³/mol. The predicted octanol–water partition coefficient (Wildman–Crippen LogP) is 2.96. The van der Waals surface area contributed by atoms with E-state index in [2.05, 4.69) is 0 Å². The molecule has 28 heavy (non-hydrogen) atoms. The lowest BCUT2D eigenvalue weighted by molar-refractivity contribution is -0.142. The van der Waals surface area contributed by atoms with Crippen LogP contribution in [0, 0.1) is 0 Å². The first-order valence-electron chi connectivity index (χ1n) is 8.17. The largest absolute Gasteiger partial charge is 0.461 e. The Bertz CT molecular complexity index is 1060. The zero-order valence-electron chi connectivity index (χ0n) is 15.0. The summed E-state index contributed by atoms with van der Waals surface area (Å²) in [5, 5.41) is 0.518. The van der Waals surface area contributed by atoms with E-state index in [1.807, 2.05) is 0 Å². The Balaban J connectivity index is 0.00000280. The molecule has 2 aromatic carbocycles. The average Bonchev–Trinajstić information content (AvgIpc) is 2.66. The quantitative estimate of drug-likeness (QED) is 0.396. The number of carbonyl (C=O) groups is 2. The van der Waals surface area contributed by atoms with Crippen LogP contribution in [0.5, 0.6) is 5.75 Å². The molecular formula is C20H18ClNO6. The fourth-order valence-electron chi connectivity index (χ4n) is 2.45. The van der Waals surface area contributed by atoms with Crippen molar-refractivity contribution in [2.24, 2.45) is 5.73 Å². The standard InChI is InChI=1S/C20H17NO6.ClH/c1-12(22)25-11-14-4-7-18-15(8-14)9-17(20(24)27-18)19(23)26-16-5-2-13(10-21)3-6-16;/h2-9H,10-11,21H2,1H3;1H. The molecule has 0 saturated carbocycles. The number of fused-ring (bicyclic) bond motifs is 1. The highest BCUT2D eigenvalue weighted by atomic mass is 35.5. The zero-order valence-corrected chi connectivity index (χ0v) is 15.8. The van der Waals surface area contributed by atoms with Crippen LogP contribution in [0.2, 0.25) is 0 Å². The fourth-order valence-corrected chi connectivity index (χ4v) is 2.45. The lowest BCUT2D eigenvalue weighted by Crippen LogP contribution is -2.18. The second kappa shape index (κ2) is 9.16. The minimum Gasteiger partial charge on any atom is -0.461 e. The molecule has 0 spiro atoms. The lowest BCUT2D eigenvalue weighted by atomic mass is 10.1. The van der Waals surface area contributed by atoms with Crippen molar-refractivity contribution in [2.45, 2.75) is 20.1 Å². The second-order valence-corrected chi connectivity index (χ2v) is 5.84. The summed E-state index contributed by atoms with van der Waals surface area (Å²) in [5.41, 5.74) is 6.41. The van der Waals surface area contributed by atoms with Crippen molar-refractivity contribution in [1.29, 1.82) is 0 Å².